The van der Waals surface area contributed by atoms with Crippen molar-refractivity contribution in [2.24, 2.45) is 11.7 Å². The second-order valence-corrected chi connectivity index (χ2v) is 7.76. The zero-order chi connectivity index (χ0) is 13.6. The second kappa shape index (κ2) is 7.28. The maximum absolute atomic E-state index is 11.7. The Morgan fingerprint density at radius 3 is 2.24 bits per heavy atom. The van der Waals surface area contributed by atoms with Crippen molar-refractivity contribution in [2.45, 2.75) is 32.9 Å². The van der Waals surface area contributed by atoms with E-state index in [1.165, 1.54) is 0 Å². The van der Waals surface area contributed by atoms with Gasteiger partial charge in [0.2, 0.25) is 0 Å². The minimum atomic E-state index is -2.97. The fraction of sp³-hybridized carbons (Fsp3) is 0.909. The molecule has 6 heteroatoms. The van der Waals surface area contributed by atoms with Gasteiger partial charge >= 0.3 is 0 Å². The molecular weight excluding hydrogens is 256 g/mol. The van der Waals surface area contributed by atoms with Crippen LogP contribution in [0.5, 0.6) is 0 Å². The van der Waals surface area contributed by atoms with E-state index in [1.807, 2.05) is 13.8 Å². The molecule has 0 aliphatic carbocycles. The van der Waals surface area contributed by atoms with Gasteiger partial charge in [-0.2, -0.15) is 0 Å². The van der Waals surface area contributed by atoms with Crippen LogP contribution in [0, 0.1) is 5.92 Å². The van der Waals surface area contributed by atoms with E-state index in [-0.39, 0.29) is 16.9 Å². The van der Waals surface area contributed by atoms with Gasteiger partial charge in [-0.05, 0) is 20.4 Å². The molecule has 0 aromatic heterocycles. The molecule has 0 radical (unpaired) electrons. The first-order valence-electron chi connectivity index (χ1n) is 5.94. The summed E-state index contributed by atoms with van der Waals surface area (Å²) in [6.07, 6.45) is 0. The Hall–Kier alpha value is -0.200. The summed E-state index contributed by atoms with van der Waals surface area (Å²) in [6.45, 7) is 9.46. The molecular formula is C11H24N2O2S2. The van der Waals surface area contributed by atoms with E-state index in [4.69, 9.17) is 18.0 Å². The quantitative estimate of drug-likeness (QED) is 0.673. The molecule has 0 aliphatic heterocycles. The van der Waals surface area contributed by atoms with Crippen molar-refractivity contribution in [2.75, 3.05) is 25.4 Å². The number of hydrogen-bond donors (Lipinski definition) is 1. The molecule has 0 bridgehead atoms. The molecule has 17 heavy (non-hydrogen) atoms. The number of rotatable bonds is 8. The SMILES string of the molecule is CCN(CCS(=O)(=O)C(C)C)CC(C)C(N)=S. The van der Waals surface area contributed by atoms with Gasteiger partial charge in [0.1, 0.15) is 0 Å². The van der Waals surface area contributed by atoms with Gasteiger partial charge < -0.3 is 10.6 Å². The van der Waals surface area contributed by atoms with E-state index in [2.05, 4.69) is 4.90 Å². The zero-order valence-electron chi connectivity index (χ0n) is 11.1. The summed E-state index contributed by atoms with van der Waals surface area (Å²) < 4.78 is 23.4. The summed E-state index contributed by atoms with van der Waals surface area (Å²) in [4.78, 5) is 2.55. The Bertz CT molecular complexity index is 339. The molecule has 0 amide bonds. The number of nitrogens with two attached hydrogens (primary N) is 1. The Kier molecular flexibility index (Phi) is 7.20. The van der Waals surface area contributed by atoms with Crippen LogP contribution in [0.1, 0.15) is 27.7 Å². The normalized spacial score (nSPS) is 14.2. The molecule has 0 aromatic carbocycles. The van der Waals surface area contributed by atoms with E-state index >= 15 is 0 Å². The van der Waals surface area contributed by atoms with Crippen molar-refractivity contribution in [3.05, 3.63) is 0 Å². The third-order valence-electron chi connectivity index (χ3n) is 2.88. The molecule has 0 aliphatic rings. The van der Waals surface area contributed by atoms with Crippen molar-refractivity contribution in [3.8, 4) is 0 Å². The van der Waals surface area contributed by atoms with Crippen LogP contribution in [0.3, 0.4) is 0 Å². The van der Waals surface area contributed by atoms with Crippen molar-refractivity contribution in [1.82, 2.24) is 4.90 Å². The van der Waals surface area contributed by atoms with Crippen LogP contribution in [0.25, 0.3) is 0 Å². The average Bonchev–Trinajstić information content (AvgIpc) is 2.23. The van der Waals surface area contributed by atoms with Gasteiger partial charge in [-0.1, -0.05) is 26.1 Å². The Balaban J connectivity index is 4.29. The molecule has 1 unspecified atom stereocenters. The molecule has 0 spiro atoms. The predicted octanol–water partition coefficient (Wildman–Crippen LogP) is 1.05. The van der Waals surface area contributed by atoms with Crippen LogP contribution in [0.15, 0.2) is 0 Å². The topological polar surface area (TPSA) is 63.4 Å². The summed E-state index contributed by atoms with van der Waals surface area (Å²) in [5.74, 6) is 0.314. The maximum atomic E-state index is 11.7. The average molecular weight is 280 g/mol. The standard InChI is InChI=1S/C11H24N2O2S2/c1-5-13(8-10(4)11(12)16)6-7-17(14,15)9(2)3/h9-10H,5-8H2,1-4H3,(H2,12,16). The fourth-order valence-corrected chi connectivity index (χ4v) is 2.41. The van der Waals surface area contributed by atoms with Gasteiger partial charge in [-0.25, -0.2) is 8.42 Å². The highest BCUT2D eigenvalue weighted by atomic mass is 32.2. The summed E-state index contributed by atoms with van der Waals surface area (Å²) in [7, 11) is -2.97. The van der Waals surface area contributed by atoms with Crippen LogP contribution in [0.4, 0.5) is 0 Å². The number of hydrogen-bond acceptors (Lipinski definition) is 4. The minimum Gasteiger partial charge on any atom is -0.393 e. The summed E-state index contributed by atoms with van der Waals surface area (Å²) in [6, 6.07) is 0. The fourth-order valence-electron chi connectivity index (χ4n) is 1.35. The molecule has 0 rings (SSSR count). The van der Waals surface area contributed by atoms with E-state index in [9.17, 15) is 8.42 Å². The largest absolute Gasteiger partial charge is 0.393 e. The van der Waals surface area contributed by atoms with E-state index in [0.29, 0.717) is 11.5 Å². The van der Waals surface area contributed by atoms with Crippen molar-refractivity contribution in [1.29, 1.82) is 0 Å². The Morgan fingerprint density at radius 2 is 1.88 bits per heavy atom. The van der Waals surface area contributed by atoms with Gasteiger partial charge in [0, 0.05) is 19.0 Å². The molecule has 0 saturated heterocycles. The van der Waals surface area contributed by atoms with Gasteiger partial charge in [0.05, 0.1) is 16.0 Å². The van der Waals surface area contributed by atoms with Crippen molar-refractivity contribution < 1.29 is 8.42 Å². The van der Waals surface area contributed by atoms with E-state index in [1.54, 1.807) is 13.8 Å². The first-order chi connectivity index (χ1) is 7.70. The van der Waals surface area contributed by atoms with Gasteiger partial charge in [0.15, 0.2) is 9.84 Å². The van der Waals surface area contributed by atoms with Crippen LogP contribution in [0.2, 0.25) is 0 Å². The number of nitrogens with zero attached hydrogens (tertiary/aromatic N) is 1. The first-order valence-corrected chi connectivity index (χ1v) is 8.06. The molecule has 1 atom stereocenters. The van der Waals surface area contributed by atoms with E-state index in [0.717, 1.165) is 13.1 Å². The van der Waals surface area contributed by atoms with E-state index < -0.39 is 9.84 Å². The Morgan fingerprint density at radius 1 is 1.35 bits per heavy atom. The van der Waals surface area contributed by atoms with Gasteiger partial charge in [-0.3, -0.25) is 0 Å². The van der Waals surface area contributed by atoms with Crippen molar-refractivity contribution >= 4 is 27.0 Å². The molecule has 0 aromatic rings. The first kappa shape index (κ1) is 16.8. The summed E-state index contributed by atoms with van der Waals surface area (Å²) in [5, 5.41) is -0.311. The van der Waals surface area contributed by atoms with Gasteiger partial charge in [-0.15, -0.1) is 0 Å². The Labute approximate surface area is 110 Å². The molecule has 0 saturated carbocycles. The lowest BCUT2D eigenvalue weighted by molar-refractivity contribution is 0.287. The highest BCUT2D eigenvalue weighted by Crippen LogP contribution is 2.04. The number of sulfone groups is 1. The van der Waals surface area contributed by atoms with Crippen LogP contribution >= 0.6 is 12.2 Å². The minimum absolute atomic E-state index is 0.117. The lowest BCUT2D eigenvalue weighted by Gasteiger charge is -2.24. The second-order valence-electron chi connectivity index (χ2n) is 4.61. The third-order valence-corrected chi connectivity index (χ3v) is 5.47. The highest BCUT2D eigenvalue weighted by molar-refractivity contribution is 7.92. The van der Waals surface area contributed by atoms with Crippen molar-refractivity contribution in [3.63, 3.8) is 0 Å². The van der Waals surface area contributed by atoms with Gasteiger partial charge in [0.25, 0.3) is 0 Å². The lowest BCUT2D eigenvalue weighted by atomic mass is 10.1. The monoisotopic (exact) mass is 280 g/mol. The van der Waals surface area contributed by atoms with Crippen LogP contribution < -0.4 is 5.73 Å². The number of thiocarbonyl (C=S) groups is 1. The summed E-state index contributed by atoms with van der Waals surface area (Å²) >= 11 is 4.92. The molecule has 4 nitrogen and oxygen atoms in total. The zero-order valence-corrected chi connectivity index (χ0v) is 12.8. The van der Waals surface area contributed by atoms with Crippen LogP contribution in [-0.2, 0) is 9.84 Å². The maximum Gasteiger partial charge on any atom is 0.153 e. The molecule has 0 heterocycles. The molecule has 0 fully saturated rings. The van der Waals surface area contributed by atoms with Crippen LogP contribution in [-0.4, -0.2) is 48.9 Å². The highest BCUT2D eigenvalue weighted by Gasteiger charge is 2.18. The lowest BCUT2D eigenvalue weighted by Crippen LogP contribution is -2.37. The smallest absolute Gasteiger partial charge is 0.153 e. The summed E-state index contributed by atoms with van der Waals surface area (Å²) in [5.41, 5.74) is 5.56. The third kappa shape index (κ3) is 6.33. The predicted molar refractivity (Wildman–Crippen MR) is 77.0 cm³/mol. The molecule has 102 valence electrons. The molecule has 2 N–H and O–H groups in total.